The monoisotopic (exact) mass is 263 g/mol. The highest BCUT2D eigenvalue weighted by atomic mass is 32.1. The molecule has 0 saturated heterocycles. The number of nitrogens with zero attached hydrogens (tertiary/aromatic N) is 3. The van der Waals surface area contributed by atoms with E-state index in [1.807, 2.05) is 24.3 Å². The van der Waals surface area contributed by atoms with Crippen LogP contribution in [0.15, 0.2) is 24.3 Å². The summed E-state index contributed by atoms with van der Waals surface area (Å²) in [5.74, 6) is 1.33. The van der Waals surface area contributed by atoms with Crippen LogP contribution in [0, 0.1) is 0 Å². The molecule has 0 fully saturated rings. The normalized spacial score (nSPS) is 10.1. The molecular weight excluding hydrogens is 250 g/mol. The summed E-state index contributed by atoms with van der Waals surface area (Å²) >= 11 is 4.92. The van der Waals surface area contributed by atoms with Gasteiger partial charge in [-0.2, -0.15) is 0 Å². The minimum Gasteiger partial charge on any atom is -0.497 e. The van der Waals surface area contributed by atoms with E-state index in [4.69, 9.17) is 22.7 Å². The number of thiocarbonyl (C=S) groups is 1. The van der Waals surface area contributed by atoms with Gasteiger partial charge in [0.2, 0.25) is 0 Å². The molecule has 1 heterocycles. The number of aromatic nitrogens is 3. The van der Waals surface area contributed by atoms with Crippen molar-refractivity contribution in [3.63, 3.8) is 0 Å². The zero-order valence-electron chi connectivity index (χ0n) is 10.0. The molecule has 2 rings (SSSR count). The Morgan fingerprint density at radius 3 is 2.44 bits per heavy atom. The van der Waals surface area contributed by atoms with Gasteiger partial charge in [-0.25, -0.2) is 0 Å². The van der Waals surface area contributed by atoms with Gasteiger partial charge in [-0.1, -0.05) is 12.2 Å². The number of ether oxygens (including phenoxy) is 1. The van der Waals surface area contributed by atoms with Crippen molar-refractivity contribution in [2.24, 2.45) is 5.73 Å². The van der Waals surface area contributed by atoms with Crippen LogP contribution in [-0.2, 0) is 0 Å². The van der Waals surface area contributed by atoms with Crippen LogP contribution in [0.4, 0.5) is 5.82 Å². The van der Waals surface area contributed by atoms with Gasteiger partial charge < -0.3 is 15.8 Å². The standard InChI is InChI=1S/C11H13N5OS/c1-13-11-9(10(12)18)14-16(15-11)7-3-5-8(17-2)6-4-7/h3-6H,1-2H3,(H2,12,18)(H,13,15). The third kappa shape index (κ3) is 2.25. The summed E-state index contributed by atoms with van der Waals surface area (Å²) in [5, 5.41) is 11.4. The van der Waals surface area contributed by atoms with E-state index in [1.54, 1.807) is 14.2 Å². The fourth-order valence-electron chi connectivity index (χ4n) is 1.47. The fourth-order valence-corrected chi connectivity index (χ4v) is 1.61. The molecule has 18 heavy (non-hydrogen) atoms. The number of nitrogens with one attached hydrogen (secondary N) is 1. The molecule has 0 aliphatic heterocycles. The first-order chi connectivity index (χ1) is 8.65. The highest BCUT2D eigenvalue weighted by Gasteiger charge is 2.12. The second-order valence-corrected chi connectivity index (χ2v) is 3.94. The molecule has 0 saturated carbocycles. The van der Waals surface area contributed by atoms with Crippen molar-refractivity contribution in [3.05, 3.63) is 30.0 Å². The molecule has 0 unspecified atom stereocenters. The summed E-state index contributed by atoms with van der Waals surface area (Å²) in [5.41, 5.74) is 6.86. The third-order valence-electron chi connectivity index (χ3n) is 2.39. The highest BCUT2D eigenvalue weighted by molar-refractivity contribution is 7.80. The van der Waals surface area contributed by atoms with Gasteiger partial charge in [0.25, 0.3) is 0 Å². The Bertz CT molecular complexity index is 563. The topological polar surface area (TPSA) is 78.0 Å². The van der Waals surface area contributed by atoms with Gasteiger partial charge in [-0.15, -0.1) is 15.0 Å². The fraction of sp³-hybridized carbons (Fsp3) is 0.182. The first-order valence-corrected chi connectivity index (χ1v) is 5.66. The van der Waals surface area contributed by atoms with E-state index in [1.165, 1.54) is 4.80 Å². The number of anilines is 1. The summed E-state index contributed by atoms with van der Waals surface area (Å²) < 4.78 is 5.09. The molecule has 0 radical (unpaired) electrons. The second-order valence-electron chi connectivity index (χ2n) is 3.50. The molecule has 3 N–H and O–H groups in total. The molecule has 0 spiro atoms. The minimum atomic E-state index is 0.208. The van der Waals surface area contributed by atoms with Crippen LogP contribution >= 0.6 is 12.2 Å². The van der Waals surface area contributed by atoms with Crippen LogP contribution in [0.3, 0.4) is 0 Å². The minimum absolute atomic E-state index is 0.208. The maximum atomic E-state index is 5.58. The number of benzene rings is 1. The van der Waals surface area contributed by atoms with Crippen molar-refractivity contribution in [1.29, 1.82) is 0 Å². The van der Waals surface area contributed by atoms with Crippen molar-refractivity contribution < 1.29 is 4.74 Å². The van der Waals surface area contributed by atoms with Crippen LogP contribution in [0.25, 0.3) is 5.69 Å². The Balaban J connectivity index is 2.40. The summed E-state index contributed by atoms with van der Waals surface area (Å²) in [6.07, 6.45) is 0. The average molecular weight is 263 g/mol. The van der Waals surface area contributed by atoms with Gasteiger partial charge in [0.1, 0.15) is 10.7 Å². The first kappa shape index (κ1) is 12.3. The molecule has 0 aliphatic carbocycles. The SMILES string of the molecule is CNc1nn(-c2ccc(OC)cc2)nc1C(N)=S. The van der Waals surface area contributed by atoms with E-state index in [0.717, 1.165) is 11.4 Å². The maximum absolute atomic E-state index is 5.58. The van der Waals surface area contributed by atoms with Gasteiger partial charge in [0, 0.05) is 7.05 Å². The number of methoxy groups -OCH3 is 1. The smallest absolute Gasteiger partial charge is 0.179 e. The Hall–Kier alpha value is -2.15. The molecule has 6 nitrogen and oxygen atoms in total. The molecule has 1 aromatic carbocycles. The van der Waals surface area contributed by atoms with E-state index in [-0.39, 0.29) is 4.99 Å². The average Bonchev–Trinajstić information content (AvgIpc) is 2.83. The maximum Gasteiger partial charge on any atom is 0.179 e. The molecule has 1 aromatic heterocycles. The van der Waals surface area contributed by atoms with Gasteiger partial charge in [0.15, 0.2) is 11.5 Å². The zero-order chi connectivity index (χ0) is 13.1. The molecule has 94 valence electrons. The molecule has 7 heteroatoms. The number of rotatable bonds is 4. The Morgan fingerprint density at radius 1 is 1.33 bits per heavy atom. The van der Waals surface area contributed by atoms with E-state index in [9.17, 15) is 0 Å². The van der Waals surface area contributed by atoms with Crippen LogP contribution in [-0.4, -0.2) is 34.1 Å². The van der Waals surface area contributed by atoms with Crippen molar-refractivity contribution in [1.82, 2.24) is 15.0 Å². The van der Waals surface area contributed by atoms with E-state index in [2.05, 4.69) is 15.5 Å². The number of hydrogen-bond acceptors (Lipinski definition) is 5. The quantitative estimate of drug-likeness (QED) is 0.800. The molecule has 0 aliphatic rings. The largest absolute Gasteiger partial charge is 0.497 e. The van der Waals surface area contributed by atoms with Crippen molar-refractivity contribution in [2.75, 3.05) is 19.5 Å². The predicted octanol–water partition coefficient (Wildman–Crippen LogP) is 0.952. The van der Waals surface area contributed by atoms with Crippen molar-refractivity contribution >= 4 is 23.0 Å². The van der Waals surface area contributed by atoms with Crippen LogP contribution in [0.1, 0.15) is 5.69 Å². The lowest BCUT2D eigenvalue weighted by molar-refractivity contribution is 0.414. The van der Waals surface area contributed by atoms with Crippen LogP contribution in [0.5, 0.6) is 5.75 Å². The van der Waals surface area contributed by atoms with Gasteiger partial charge in [-0.3, -0.25) is 0 Å². The lowest BCUT2D eigenvalue weighted by Gasteiger charge is -2.01. The predicted molar refractivity (Wildman–Crippen MR) is 73.3 cm³/mol. The summed E-state index contributed by atoms with van der Waals surface area (Å²) in [7, 11) is 3.36. The Kier molecular flexibility index (Phi) is 3.42. The van der Waals surface area contributed by atoms with E-state index in [0.29, 0.717) is 11.5 Å². The number of hydrogen-bond donors (Lipinski definition) is 2. The first-order valence-electron chi connectivity index (χ1n) is 5.25. The second kappa shape index (κ2) is 5.01. The van der Waals surface area contributed by atoms with E-state index >= 15 is 0 Å². The number of nitrogens with two attached hydrogens (primary N) is 1. The van der Waals surface area contributed by atoms with E-state index < -0.39 is 0 Å². The molecule has 0 bridgehead atoms. The Morgan fingerprint density at radius 2 is 2.00 bits per heavy atom. The lowest BCUT2D eigenvalue weighted by Crippen LogP contribution is -2.12. The molecule has 0 amide bonds. The highest BCUT2D eigenvalue weighted by Crippen LogP contribution is 2.16. The van der Waals surface area contributed by atoms with Gasteiger partial charge in [-0.05, 0) is 24.3 Å². The van der Waals surface area contributed by atoms with Gasteiger partial charge >= 0.3 is 0 Å². The molecule has 0 atom stereocenters. The summed E-state index contributed by atoms with van der Waals surface area (Å²) in [4.78, 5) is 1.68. The summed E-state index contributed by atoms with van der Waals surface area (Å²) in [6.45, 7) is 0. The lowest BCUT2D eigenvalue weighted by atomic mass is 10.3. The third-order valence-corrected chi connectivity index (χ3v) is 2.58. The summed E-state index contributed by atoms with van der Waals surface area (Å²) in [6, 6.07) is 7.36. The van der Waals surface area contributed by atoms with Crippen LogP contribution in [0.2, 0.25) is 0 Å². The molecular formula is C11H13N5OS. The van der Waals surface area contributed by atoms with Gasteiger partial charge in [0.05, 0.1) is 12.8 Å². The zero-order valence-corrected chi connectivity index (χ0v) is 10.9. The van der Waals surface area contributed by atoms with Crippen molar-refractivity contribution in [3.8, 4) is 11.4 Å². The molecule has 2 aromatic rings. The Labute approximate surface area is 110 Å². The van der Waals surface area contributed by atoms with Crippen LogP contribution < -0.4 is 15.8 Å². The van der Waals surface area contributed by atoms with Crippen molar-refractivity contribution in [2.45, 2.75) is 0 Å².